The van der Waals surface area contributed by atoms with Gasteiger partial charge in [0.05, 0.1) is 11.0 Å². The van der Waals surface area contributed by atoms with Crippen LogP contribution in [0.2, 0.25) is 0 Å². The van der Waals surface area contributed by atoms with E-state index in [0.29, 0.717) is 5.69 Å². The van der Waals surface area contributed by atoms with Gasteiger partial charge in [-0.25, -0.2) is 9.97 Å². The topological polar surface area (TPSA) is 63.1 Å². The third-order valence-corrected chi connectivity index (χ3v) is 4.79. The smallest absolute Gasteiger partial charge is 0.275 e. The summed E-state index contributed by atoms with van der Waals surface area (Å²) in [5, 5.41) is 5.65. The lowest BCUT2D eigenvalue weighted by Gasteiger charge is -2.06. The Morgan fingerprint density at radius 3 is 2.76 bits per heavy atom. The number of anilines is 1. The zero-order valence-electron chi connectivity index (χ0n) is 15.0. The summed E-state index contributed by atoms with van der Waals surface area (Å²) in [7, 11) is 3.96. The van der Waals surface area contributed by atoms with Gasteiger partial charge in [-0.05, 0) is 39.2 Å². The van der Waals surface area contributed by atoms with E-state index in [2.05, 4.69) is 33.7 Å². The first kappa shape index (κ1) is 17.6. The fourth-order valence-corrected chi connectivity index (χ4v) is 3.72. The van der Waals surface area contributed by atoms with Crippen LogP contribution in [0.5, 0.6) is 0 Å². The fraction of sp³-hybridized carbons (Fsp3) is 0.389. The highest BCUT2D eigenvalue weighted by Gasteiger charge is 2.13. The van der Waals surface area contributed by atoms with Crippen molar-refractivity contribution in [2.45, 2.75) is 33.4 Å². The van der Waals surface area contributed by atoms with Gasteiger partial charge in [-0.15, -0.1) is 11.3 Å². The highest BCUT2D eigenvalue weighted by Crippen LogP contribution is 2.22. The molecular formula is C18H23N5OS. The van der Waals surface area contributed by atoms with Crippen LogP contribution in [0.3, 0.4) is 0 Å². The summed E-state index contributed by atoms with van der Waals surface area (Å²) in [6.45, 7) is 5.84. The maximum absolute atomic E-state index is 12.4. The number of carbonyl (C=O) groups is 1. The third-order valence-electron chi connectivity index (χ3n) is 3.95. The molecule has 3 aromatic rings. The van der Waals surface area contributed by atoms with Crippen LogP contribution in [0.25, 0.3) is 11.0 Å². The molecule has 0 aliphatic rings. The van der Waals surface area contributed by atoms with Crippen LogP contribution in [-0.2, 0) is 19.5 Å². The SMILES string of the molecule is CCc1nc2cc(NC(=O)c3csc(CN(C)C)n3)ccc2n1CC. The van der Waals surface area contributed by atoms with E-state index < -0.39 is 0 Å². The number of hydrogen-bond acceptors (Lipinski definition) is 5. The van der Waals surface area contributed by atoms with E-state index in [9.17, 15) is 4.79 Å². The van der Waals surface area contributed by atoms with Gasteiger partial charge >= 0.3 is 0 Å². The number of aryl methyl sites for hydroxylation is 2. The molecule has 7 heteroatoms. The number of rotatable bonds is 6. The maximum Gasteiger partial charge on any atom is 0.275 e. The van der Waals surface area contributed by atoms with Crippen LogP contribution in [0.15, 0.2) is 23.6 Å². The number of nitrogens with one attached hydrogen (secondary N) is 1. The Labute approximate surface area is 151 Å². The molecule has 0 bridgehead atoms. The number of aromatic nitrogens is 3. The summed E-state index contributed by atoms with van der Waals surface area (Å²) in [6, 6.07) is 5.85. The van der Waals surface area contributed by atoms with Gasteiger partial charge in [-0.3, -0.25) is 4.79 Å². The van der Waals surface area contributed by atoms with Crippen molar-refractivity contribution in [3.05, 3.63) is 40.1 Å². The first-order chi connectivity index (χ1) is 12.0. The molecule has 6 nitrogen and oxygen atoms in total. The van der Waals surface area contributed by atoms with E-state index in [1.54, 1.807) is 5.38 Å². The van der Waals surface area contributed by atoms with Crippen molar-refractivity contribution in [2.75, 3.05) is 19.4 Å². The predicted octanol–water partition coefficient (Wildman–Crippen LogP) is 3.39. The molecule has 0 aliphatic carbocycles. The van der Waals surface area contributed by atoms with Gasteiger partial charge in [-0.1, -0.05) is 6.92 Å². The lowest BCUT2D eigenvalue weighted by Crippen LogP contribution is -2.14. The molecule has 0 fully saturated rings. The quantitative estimate of drug-likeness (QED) is 0.734. The van der Waals surface area contributed by atoms with Gasteiger partial charge in [0.15, 0.2) is 0 Å². The van der Waals surface area contributed by atoms with Crippen LogP contribution in [-0.4, -0.2) is 39.4 Å². The molecule has 1 aromatic carbocycles. The number of nitrogens with zero attached hydrogens (tertiary/aromatic N) is 4. The van der Waals surface area contributed by atoms with E-state index in [1.807, 2.05) is 37.2 Å². The van der Waals surface area contributed by atoms with Crippen molar-refractivity contribution in [2.24, 2.45) is 0 Å². The van der Waals surface area contributed by atoms with Gasteiger partial charge in [0, 0.05) is 30.6 Å². The molecule has 2 heterocycles. The van der Waals surface area contributed by atoms with Gasteiger partial charge in [0.2, 0.25) is 0 Å². The average Bonchev–Trinajstić information content (AvgIpc) is 3.17. The summed E-state index contributed by atoms with van der Waals surface area (Å²) in [4.78, 5) is 23.5. The van der Waals surface area contributed by atoms with Crippen LogP contribution in [0.4, 0.5) is 5.69 Å². The second-order valence-corrected chi connectivity index (χ2v) is 7.09. The molecule has 0 unspecified atom stereocenters. The van der Waals surface area contributed by atoms with E-state index in [1.165, 1.54) is 11.3 Å². The van der Waals surface area contributed by atoms with Gasteiger partial charge in [-0.2, -0.15) is 0 Å². The monoisotopic (exact) mass is 357 g/mol. The number of carbonyl (C=O) groups excluding carboxylic acids is 1. The third kappa shape index (κ3) is 3.72. The number of hydrogen-bond donors (Lipinski definition) is 1. The average molecular weight is 357 g/mol. The molecule has 0 spiro atoms. The molecular weight excluding hydrogens is 334 g/mol. The molecule has 0 saturated carbocycles. The minimum atomic E-state index is -0.189. The van der Waals surface area contributed by atoms with Crippen LogP contribution >= 0.6 is 11.3 Å². The summed E-state index contributed by atoms with van der Waals surface area (Å²) < 4.78 is 2.20. The van der Waals surface area contributed by atoms with Gasteiger partial charge < -0.3 is 14.8 Å². The molecule has 0 atom stereocenters. The number of amides is 1. The molecule has 1 amide bonds. The van der Waals surface area contributed by atoms with Crippen molar-refractivity contribution in [3.63, 3.8) is 0 Å². The van der Waals surface area contributed by atoms with Crippen LogP contribution in [0.1, 0.15) is 35.2 Å². The van der Waals surface area contributed by atoms with E-state index >= 15 is 0 Å². The summed E-state index contributed by atoms with van der Waals surface area (Å²) in [5.41, 5.74) is 3.20. The first-order valence-corrected chi connectivity index (χ1v) is 9.29. The summed E-state index contributed by atoms with van der Waals surface area (Å²) in [6.07, 6.45) is 0.887. The van der Waals surface area contributed by atoms with Crippen molar-refractivity contribution in [3.8, 4) is 0 Å². The fourth-order valence-electron chi connectivity index (χ4n) is 2.83. The van der Waals surface area contributed by atoms with Crippen molar-refractivity contribution < 1.29 is 4.79 Å². The minimum Gasteiger partial charge on any atom is -0.328 e. The maximum atomic E-state index is 12.4. The Bertz CT molecular complexity index is 896. The largest absolute Gasteiger partial charge is 0.328 e. The molecule has 3 rings (SSSR count). The van der Waals surface area contributed by atoms with E-state index in [4.69, 9.17) is 0 Å². The number of benzene rings is 1. The number of fused-ring (bicyclic) bond motifs is 1. The molecule has 2 aromatic heterocycles. The first-order valence-electron chi connectivity index (χ1n) is 8.41. The number of thiazole rings is 1. The molecule has 1 N–H and O–H groups in total. The molecule has 0 radical (unpaired) electrons. The van der Waals surface area contributed by atoms with Gasteiger partial charge in [0.1, 0.15) is 16.5 Å². The molecule has 0 saturated heterocycles. The van der Waals surface area contributed by atoms with Crippen molar-refractivity contribution >= 4 is 34.0 Å². The van der Waals surface area contributed by atoms with E-state index in [0.717, 1.165) is 47.1 Å². The van der Waals surface area contributed by atoms with Crippen LogP contribution in [0, 0.1) is 0 Å². The number of imidazole rings is 1. The zero-order valence-corrected chi connectivity index (χ0v) is 15.9. The highest BCUT2D eigenvalue weighted by atomic mass is 32.1. The van der Waals surface area contributed by atoms with Gasteiger partial charge in [0.25, 0.3) is 5.91 Å². The Morgan fingerprint density at radius 1 is 1.28 bits per heavy atom. The molecule has 25 heavy (non-hydrogen) atoms. The van der Waals surface area contributed by atoms with E-state index in [-0.39, 0.29) is 5.91 Å². The Balaban J connectivity index is 1.80. The second-order valence-electron chi connectivity index (χ2n) is 6.15. The van der Waals surface area contributed by atoms with Crippen molar-refractivity contribution in [1.82, 2.24) is 19.4 Å². The highest BCUT2D eigenvalue weighted by molar-refractivity contribution is 7.09. The predicted molar refractivity (Wildman–Crippen MR) is 102 cm³/mol. The second kappa shape index (κ2) is 7.33. The zero-order chi connectivity index (χ0) is 18.0. The molecule has 132 valence electrons. The Hall–Kier alpha value is -2.25. The van der Waals surface area contributed by atoms with Crippen molar-refractivity contribution in [1.29, 1.82) is 0 Å². The molecule has 0 aliphatic heterocycles. The minimum absolute atomic E-state index is 0.189. The Kier molecular flexibility index (Phi) is 5.15. The van der Waals surface area contributed by atoms with Crippen LogP contribution < -0.4 is 5.32 Å². The lowest BCUT2D eigenvalue weighted by atomic mass is 10.2. The summed E-state index contributed by atoms with van der Waals surface area (Å²) >= 11 is 1.50. The lowest BCUT2D eigenvalue weighted by molar-refractivity contribution is 0.102. The normalized spacial score (nSPS) is 11.4. The Morgan fingerprint density at radius 2 is 2.08 bits per heavy atom. The standard InChI is InChI=1S/C18H23N5OS/c1-5-16-20-13-9-12(7-8-15(13)23(16)6-2)19-18(24)14-11-25-17(21-14)10-22(3)4/h7-9,11H,5-6,10H2,1-4H3,(H,19,24). The summed E-state index contributed by atoms with van der Waals surface area (Å²) in [5.74, 6) is 0.875.